The third-order valence-electron chi connectivity index (χ3n) is 2.35. The lowest BCUT2D eigenvalue weighted by atomic mass is 10.2. The third kappa shape index (κ3) is 3.22. The van der Waals surface area contributed by atoms with Crippen molar-refractivity contribution in [2.75, 3.05) is 5.73 Å². The summed E-state index contributed by atoms with van der Waals surface area (Å²) in [5.41, 5.74) is 7.16. The van der Waals surface area contributed by atoms with Crippen LogP contribution in [0, 0.1) is 0 Å². The van der Waals surface area contributed by atoms with Crippen LogP contribution < -0.4 is 10.5 Å². The van der Waals surface area contributed by atoms with E-state index in [2.05, 4.69) is 0 Å². The van der Waals surface area contributed by atoms with Crippen molar-refractivity contribution in [3.8, 4) is 5.75 Å². The van der Waals surface area contributed by atoms with Gasteiger partial charge in [-0.05, 0) is 35.9 Å². The van der Waals surface area contributed by atoms with Crippen LogP contribution in [0.1, 0.15) is 5.56 Å². The van der Waals surface area contributed by atoms with E-state index in [1.54, 1.807) is 30.3 Å². The smallest absolute Gasteiger partial charge is 0.138 e. The van der Waals surface area contributed by atoms with Crippen LogP contribution in [-0.4, -0.2) is 0 Å². The SMILES string of the molecule is Nc1cc(COc2ccc(Cl)cc2Cl)ccc1Cl. The van der Waals surface area contributed by atoms with E-state index in [0.29, 0.717) is 33.1 Å². The third-order valence-corrected chi connectivity index (χ3v) is 3.22. The molecular formula is C13H10Cl3NO. The zero-order chi connectivity index (χ0) is 13.1. The first-order valence-corrected chi connectivity index (χ1v) is 6.31. The monoisotopic (exact) mass is 301 g/mol. The van der Waals surface area contributed by atoms with Crippen molar-refractivity contribution in [2.24, 2.45) is 0 Å². The van der Waals surface area contributed by atoms with Crippen LogP contribution >= 0.6 is 34.8 Å². The molecule has 2 nitrogen and oxygen atoms in total. The van der Waals surface area contributed by atoms with Crippen molar-refractivity contribution in [1.82, 2.24) is 0 Å². The average Bonchev–Trinajstić information content (AvgIpc) is 2.32. The van der Waals surface area contributed by atoms with Gasteiger partial charge >= 0.3 is 0 Å². The molecule has 0 spiro atoms. The minimum Gasteiger partial charge on any atom is -0.487 e. The molecule has 0 saturated heterocycles. The molecule has 94 valence electrons. The summed E-state index contributed by atoms with van der Waals surface area (Å²) in [7, 11) is 0. The summed E-state index contributed by atoms with van der Waals surface area (Å²) in [6.07, 6.45) is 0. The van der Waals surface area contributed by atoms with Crippen molar-refractivity contribution in [1.29, 1.82) is 0 Å². The maximum Gasteiger partial charge on any atom is 0.138 e. The van der Waals surface area contributed by atoms with Gasteiger partial charge in [0, 0.05) is 5.02 Å². The van der Waals surface area contributed by atoms with E-state index in [0.717, 1.165) is 5.56 Å². The lowest BCUT2D eigenvalue weighted by Crippen LogP contribution is -1.97. The van der Waals surface area contributed by atoms with Gasteiger partial charge in [0.05, 0.1) is 15.7 Å². The van der Waals surface area contributed by atoms with Crippen LogP contribution in [0.4, 0.5) is 5.69 Å². The largest absolute Gasteiger partial charge is 0.487 e. The number of nitrogens with two attached hydrogens (primary N) is 1. The van der Waals surface area contributed by atoms with Gasteiger partial charge in [-0.1, -0.05) is 40.9 Å². The first kappa shape index (κ1) is 13.3. The summed E-state index contributed by atoms with van der Waals surface area (Å²) in [6, 6.07) is 10.4. The van der Waals surface area contributed by atoms with Crippen molar-refractivity contribution in [2.45, 2.75) is 6.61 Å². The highest BCUT2D eigenvalue weighted by atomic mass is 35.5. The number of nitrogen functional groups attached to an aromatic ring is 1. The molecule has 0 aliphatic carbocycles. The number of anilines is 1. The fourth-order valence-corrected chi connectivity index (χ4v) is 2.02. The van der Waals surface area contributed by atoms with Crippen LogP contribution in [0.2, 0.25) is 15.1 Å². The predicted octanol–water partition coefficient (Wildman–Crippen LogP) is 4.81. The molecule has 0 aliphatic rings. The second kappa shape index (κ2) is 5.70. The molecule has 0 saturated carbocycles. The highest BCUT2D eigenvalue weighted by Gasteiger charge is 2.04. The quantitative estimate of drug-likeness (QED) is 0.826. The normalized spacial score (nSPS) is 10.4. The molecule has 0 unspecified atom stereocenters. The molecule has 0 amide bonds. The fraction of sp³-hybridized carbons (Fsp3) is 0.0769. The first-order valence-electron chi connectivity index (χ1n) is 5.18. The minimum atomic E-state index is 0.364. The number of benzene rings is 2. The summed E-state index contributed by atoms with van der Waals surface area (Å²) in [5.74, 6) is 0.578. The molecule has 0 bridgehead atoms. The van der Waals surface area contributed by atoms with Crippen molar-refractivity contribution >= 4 is 40.5 Å². The van der Waals surface area contributed by atoms with E-state index in [1.165, 1.54) is 0 Å². The molecule has 0 heterocycles. The Hall–Kier alpha value is -1.09. The zero-order valence-corrected chi connectivity index (χ0v) is 11.6. The molecule has 0 aliphatic heterocycles. The maximum atomic E-state index is 6.00. The Bertz CT molecular complexity index is 572. The second-order valence-electron chi connectivity index (χ2n) is 3.72. The van der Waals surface area contributed by atoms with Crippen LogP contribution in [-0.2, 0) is 6.61 Å². The number of hydrogen-bond donors (Lipinski definition) is 1. The predicted molar refractivity (Wildman–Crippen MR) is 76.7 cm³/mol. The van der Waals surface area contributed by atoms with Gasteiger partial charge in [-0.25, -0.2) is 0 Å². The molecule has 2 N–H and O–H groups in total. The first-order chi connectivity index (χ1) is 8.56. The molecule has 2 aromatic carbocycles. The molecule has 0 radical (unpaired) electrons. The van der Waals surface area contributed by atoms with Crippen LogP contribution in [0.25, 0.3) is 0 Å². The van der Waals surface area contributed by atoms with Crippen LogP contribution in [0.3, 0.4) is 0 Å². The van der Waals surface area contributed by atoms with E-state index in [9.17, 15) is 0 Å². The summed E-state index contributed by atoms with van der Waals surface area (Å²) in [4.78, 5) is 0. The summed E-state index contributed by atoms with van der Waals surface area (Å²) in [6.45, 7) is 0.364. The highest BCUT2D eigenvalue weighted by Crippen LogP contribution is 2.28. The number of ether oxygens (including phenoxy) is 1. The van der Waals surface area contributed by atoms with Crippen LogP contribution in [0.15, 0.2) is 36.4 Å². The minimum absolute atomic E-state index is 0.364. The van der Waals surface area contributed by atoms with Gasteiger partial charge in [0.2, 0.25) is 0 Å². The number of halogens is 3. The summed E-state index contributed by atoms with van der Waals surface area (Å²) in [5, 5.41) is 1.58. The van der Waals surface area contributed by atoms with Crippen molar-refractivity contribution in [3.63, 3.8) is 0 Å². The van der Waals surface area contributed by atoms with Gasteiger partial charge < -0.3 is 10.5 Å². The molecular weight excluding hydrogens is 293 g/mol. The Labute approximate surface area is 120 Å². The Morgan fingerprint density at radius 1 is 0.944 bits per heavy atom. The van der Waals surface area contributed by atoms with Crippen molar-refractivity contribution in [3.05, 3.63) is 57.0 Å². The fourth-order valence-electron chi connectivity index (χ4n) is 1.44. The molecule has 2 aromatic rings. The number of rotatable bonds is 3. The maximum absolute atomic E-state index is 6.00. The van der Waals surface area contributed by atoms with Gasteiger partial charge in [-0.15, -0.1) is 0 Å². The van der Waals surface area contributed by atoms with E-state index >= 15 is 0 Å². The Balaban J connectivity index is 2.09. The molecule has 18 heavy (non-hydrogen) atoms. The molecule has 2 rings (SSSR count). The van der Waals surface area contributed by atoms with E-state index in [1.807, 2.05) is 6.07 Å². The van der Waals surface area contributed by atoms with Gasteiger partial charge in [0.1, 0.15) is 12.4 Å². The van der Waals surface area contributed by atoms with Gasteiger partial charge in [-0.2, -0.15) is 0 Å². The van der Waals surface area contributed by atoms with Crippen molar-refractivity contribution < 1.29 is 4.74 Å². The standard InChI is InChI=1S/C13H10Cl3NO/c14-9-2-4-13(11(16)6-9)18-7-8-1-3-10(15)12(17)5-8/h1-6H,7,17H2. The average molecular weight is 303 g/mol. The molecule has 0 atom stereocenters. The molecule has 0 aromatic heterocycles. The Kier molecular flexibility index (Phi) is 4.23. The molecule has 0 fully saturated rings. The van der Waals surface area contributed by atoms with Gasteiger partial charge in [0.15, 0.2) is 0 Å². The Morgan fingerprint density at radius 3 is 2.39 bits per heavy atom. The van der Waals surface area contributed by atoms with E-state index in [-0.39, 0.29) is 0 Å². The van der Waals surface area contributed by atoms with Gasteiger partial charge in [-0.3, -0.25) is 0 Å². The summed E-state index contributed by atoms with van der Waals surface area (Å²) < 4.78 is 5.58. The second-order valence-corrected chi connectivity index (χ2v) is 4.97. The van der Waals surface area contributed by atoms with E-state index < -0.39 is 0 Å². The van der Waals surface area contributed by atoms with Gasteiger partial charge in [0.25, 0.3) is 0 Å². The Morgan fingerprint density at radius 2 is 1.72 bits per heavy atom. The molecule has 5 heteroatoms. The zero-order valence-electron chi connectivity index (χ0n) is 9.29. The lowest BCUT2D eigenvalue weighted by molar-refractivity contribution is 0.306. The highest BCUT2D eigenvalue weighted by molar-refractivity contribution is 6.35. The topological polar surface area (TPSA) is 35.2 Å². The summed E-state index contributed by atoms with van der Waals surface area (Å²) >= 11 is 17.6. The van der Waals surface area contributed by atoms with E-state index in [4.69, 9.17) is 45.3 Å². The lowest BCUT2D eigenvalue weighted by Gasteiger charge is -2.09. The van der Waals surface area contributed by atoms with Crippen LogP contribution in [0.5, 0.6) is 5.75 Å². The number of hydrogen-bond acceptors (Lipinski definition) is 2.